The highest BCUT2D eigenvalue weighted by Crippen LogP contribution is 2.52. The molecule has 1 unspecified atom stereocenters. The molecule has 1 atom stereocenters. The van der Waals surface area contributed by atoms with Gasteiger partial charge in [-0.25, -0.2) is 4.39 Å². The fourth-order valence-corrected chi connectivity index (χ4v) is 5.26. The Balaban J connectivity index is 1.48. The van der Waals surface area contributed by atoms with Gasteiger partial charge in [-0.2, -0.15) is 13.2 Å². The molecule has 4 nitrogen and oxygen atoms in total. The fourth-order valence-electron chi connectivity index (χ4n) is 5.26. The minimum Gasteiger partial charge on any atom is -0.370 e. The number of carbonyl (C=O) groups excluding carboxylic acids is 2. The summed E-state index contributed by atoms with van der Waals surface area (Å²) in [5.41, 5.74) is 6.00. The summed E-state index contributed by atoms with van der Waals surface area (Å²) in [4.78, 5) is 25.8. The van der Waals surface area contributed by atoms with Crippen LogP contribution in [0.4, 0.5) is 17.6 Å². The molecular formula is C25H24F4N2O2. The van der Waals surface area contributed by atoms with Crippen LogP contribution < -0.4 is 5.73 Å². The molecule has 0 radical (unpaired) electrons. The number of nitrogens with zero attached hydrogens (tertiary/aromatic N) is 1. The summed E-state index contributed by atoms with van der Waals surface area (Å²) in [6.45, 7) is 0.784. The number of halogens is 4. The molecule has 8 heteroatoms. The van der Waals surface area contributed by atoms with Gasteiger partial charge in [-0.15, -0.1) is 0 Å². The van der Waals surface area contributed by atoms with Crippen LogP contribution in [0.2, 0.25) is 0 Å². The summed E-state index contributed by atoms with van der Waals surface area (Å²) in [7, 11) is 0. The van der Waals surface area contributed by atoms with Crippen LogP contribution in [0, 0.1) is 5.82 Å². The number of likely N-dealkylation sites (tertiary alicyclic amines) is 1. The lowest BCUT2D eigenvalue weighted by Gasteiger charge is -2.40. The first-order valence-electron chi connectivity index (χ1n) is 10.8. The van der Waals surface area contributed by atoms with E-state index in [4.69, 9.17) is 5.73 Å². The Morgan fingerprint density at radius 1 is 1.12 bits per heavy atom. The SMILES string of the molecule is NC(=O)CC1CC2(CCN(C(=O)C=Cc3ccccc3C(F)(F)F)CC2)c2cc(F)ccc21. The van der Waals surface area contributed by atoms with E-state index in [2.05, 4.69) is 0 Å². The van der Waals surface area contributed by atoms with E-state index in [0.29, 0.717) is 32.4 Å². The van der Waals surface area contributed by atoms with Gasteiger partial charge in [0.25, 0.3) is 0 Å². The lowest BCUT2D eigenvalue weighted by atomic mass is 9.73. The van der Waals surface area contributed by atoms with Crippen molar-refractivity contribution in [3.8, 4) is 0 Å². The van der Waals surface area contributed by atoms with E-state index in [9.17, 15) is 27.2 Å². The van der Waals surface area contributed by atoms with Gasteiger partial charge in [0.15, 0.2) is 0 Å². The Labute approximate surface area is 189 Å². The average Bonchev–Trinajstić information content (AvgIpc) is 3.03. The van der Waals surface area contributed by atoms with Gasteiger partial charge in [0, 0.05) is 25.6 Å². The molecule has 174 valence electrons. The van der Waals surface area contributed by atoms with Crippen molar-refractivity contribution >= 4 is 17.9 Å². The second kappa shape index (κ2) is 8.65. The summed E-state index contributed by atoms with van der Waals surface area (Å²) in [5, 5.41) is 0. The third-order valence-corrected chi connectivity index (χ3v) is 6.82. The molecular weight excluding hydrogens is 436 g/mol. The minimum atomic E-state index is -4.51. The molecule has 2 aliphatic rings. The number of nitrogens with two attached hydrogens (primary N) is 1. The predicted molar refractivity (Wildman–Crippen MR) is 116 cm³/mol. The normalized spacial score (nSPS) is 19.8. The van der Waals surface area contributed by atoms with Crippen molar-refractivity contribution in [1.82, 2.24) is 4.90 Å². The highest BCUT2D eigenvalue weighted by molar-refractivity contribution is 5.92. The lowest BCUT2D eigenvalue weighted by molar-refractivity contribution is -0.137. The summed E-state index contributed by atoms with van der Waals surface area (Å²) < 4.78 is 53.5. The van der Waals surface area contributed by atoms with Gasteiger partial charge in [0.05, 0.1) is 5.56 Å². The summed E-state index contributed by atoms with van der Waals surface area (Å²) in [6, 6.07) is 9.71. The van der Waals surface area contributed by atoms with E-state index < -0.39 is 17.6 Å². The molecule has 1 saturated heterocycles. The standard InChI is InChI=1S/C25H24F4N2O2/c26-18-6-7-19-17(13-22(30)32)15-24(21(19)14-18)9-11-31(12-10-24)23(33)8-5-16-3-1-2-4-20(16)25(27,28)29/h1-8,14,17H,9-13,15H2,(H2,30,32). The zero-order valence-electron chi connectivity index (χ0n) is 17.9. The largest absolute Gasteiger partial charge is 0.416 e. The first-order chi connectivity index (χ1) is 15.6. The minimum absolute atomic E-state index is 0.0682. The molecule has 1 spiro atoms. The lowest BCUT2D eigenvalue weighted by Crippen LogP contribution is -2.44. The van der Waals surface area contributed by atoms with Crippen LogP contribution in [0.25, 0.3) is 6.08 Å². The monoisotopic (exact) mass is 460 g/mol. The van der Waals surface area contributed by atoms with E-state index in [0.717, 1.165) is 17.2 Å². The van der Waals surface area contributed by atoms with Crippen LogP contribution in [0.5, 0.6) is 0 Å². The fraction of sp³-hybridized carbons (Fsp3) is 0.360. The van der Waals surface area contributed by atoms with Gasteiger partial charge in [-0.05, 0) is 71.6 Å². The van der Waals surface area contributed by atoms with Gasteiger partial charge in [-0.3, -0.25) is 9.59 Å². The molecule has 4 rings (SSSR count). The van der Waals surface area contributed by atoms with Crippen molar-refractivity contribution in [3.05, 3.63) is 76.6 Å². The maximum atomic E-state index is 14.0. The van der Waals surface area contributed by atoms with Crippen molar-refractivity contribution in [2.45, 2.75) is 43.2 Å². The van der Waals surface area contributed by atoms with E-state index in [1.807, 2.05) is 0 Å². The zero-order valence-corrected chi connectivity index (χ0v) is 17.9. The van der Waals surface area contributed by atoms with Gasteiger partial charge < -0.3 is 10.6 Å². The van der Waals surface area contributed by atoms with Crippen LogP contribution >= 0.6 is 0 Å². The highest BCUT2D eigenvalue weighted by Gasteiger charge is 2.46. The Kier molecular flexibility index (Phi) is 6.03. The van der Waals surface area contributed by atoms with Crippen molar-refractivity contribution in [1.29, 1.82) is 0 Å². The molecule has 1 heterocycles. The molecule has 0 saturated carbocycles. The van der Waals surface area contributed by atoms with Crippen LogP contribution in [0.15, 0.2) is 48.5 Å². The molecule has 1 fully saturated rings. The Morgan fingerprint density at radius 2 is 1.82 bits per heavy atom. The number of piperidine rings is 1. The molecule has 2 amide bonds. The Bertz CT molecular complexity index is 1100. The number of alkyl halides is 3. The zero-order chi connectivity index (χ0) is 23.8. The van der Waals surface area contributed by atoms with Crippen molar-refractivity contribution in [2.24, 2.45) is 5.73 Å². The number of hydrogen-bond donors (Lipinski definition) is 1. The molecule has 2 aromatic rings. The molecule has 0 bridgehead atoms. The van der Waals surface area contributed by atoms with Gasteiger partial charge >= 0.3 is 6.18 Å². The van der Waals surface area contributed by atoms with E-state index in [-0.39, 0.29) is 35.0 Å². The highest BCUT2D eigenvalue weighted by atomic mass is 19.4. The second-order valence-corrected chi connectivity index (χ2v) is 8.83. The smallest absolute Gasteiger partial charge is 0.370 e. The van der Waals surface area contributed by atoms with Gasteiger partial charge in [0.2, 0.25) is 11.8 Å². The number of fused-ring (bicyclic) bond motifs is 2. The first-order valence-corrected chi connectivity index (χ1v) is 10.8. The molecule has 1 aliphatic heterocycles. The van der Waals surface area contributed by atoms with E-state index in [1.54, 1.807) is 11.0 Å². The maximum absolute atomic E-state index is 14.0. The van der Waals surface area contributed by atoms with E-state index in [1.165, 1.54) is 42.5 Å². The third kappa shape index (κ3) is 4.65. The summed E-state index contributed by atoms with van der Waals surface area (Å²) in [6.07, 6.45) is -0.141. The average molecular weight is 460 g/mol. The molecule has 2 aromatic carbocycles. The van der Waals surface area contributed by atoms with Gasteiger partial charge in [-0.1, -0.05) is 24.3 Å². The first kappa shape index (κ1) is 23.0. The number of hydrogen-bond acceptors (Lipinski definition) is 2. The van der Waals surface area contributed by atoms with Crippen LogP contribution in [0.3, 0.4) is 0 Å². The number of primary amides is 1. The topological polar surface area (TPSA) is 63.4 Å². The number of carbonyl (C=O) groups is 2. The number of amides is 2. The predicted octanol–water partition coefficient (Wildman–Crippen LogP) is 4.78. The Morgan fingerprint density at radius 3 is 2.48 bits per heavy atom. The van der Waals surface area contributed by atoms with Gasteiger partial charge in [0.1, 0.15) is 5.82 Å². The second-order valence-electron chi connectivity index (χ2n) is 8.83. The van der Waals surface area contributed by atoms with Crippen LogP contribution in [-0.4, -0.2) is 29.8 Å². The van der Waals surface area contributed by atoms with Crippen molar-refractivity contribution in [3.63, 3.8) is 0 Å². The summed E-state index contributed by atoms with van der Waals surface area (Å²) >= 11 is 0. The third-order valence-electron chi connectivity index (χ3n) is 6.82. The van der Waals surface area contributed by atoms with Crippen molar-refractivity contribution in [2.75, 3.05) is 13.1 Å². The van der Waals surface area contributed by atoms with E-state index >= 15 is 0 Å². The molecule has 0 aromatic heterocycles. The quantitative estimate of drug-likeness (QED) is 0.527. The molecule has 2 N–H and O–H groups in total. The number of rotatable bonds is 4. The molecule has 33 heavy (non-hydrogen) atoms. The number of benzene rings is 2. The van der Waals surface area contributed by atoms with Crippen LogP contribution in [0.1, 0.15) is 53.9 Å². The van der Waals surface area contributed by atoms with Crippen LogP contribution in [-0.2, 0) is 21.2 Å². The molecule has 1 aliphatic carbocycles. The summed E-state index contributed by atoms with van der Waals surface area (Å²) in [5.74, 6) is -1.21. The Hall–Kier alpha value is -3.16. The van der Waals surface area contributed by atoms with Crippen molar-refractivity contribution < 1.29 is 27.2 Å². The maximum Gasteiger partial charge on any atom is 0.416 e.